The first kappa shape index (κ1) is 20.5. The van der Waals surface area contributed by atoms with Gasteiger partial charge in [0, 0.05) is 19.1 Å². The standard InChI is InChI=1S/C22H26N4O3S/c1-4-29-22(28)15-7-5-9-25(13-15)21(27)16-11-18(19-8-6-10-30-19)24-20-17(16)12-23-26(20)14(2)3/h6,8,10-12,14-15H,4-5,7,9,13H2,1-3H3. The number of nitrogens with zero attached hydrogens (tertiary/aromatic N) is 4. The second-order valence-electron chi connectivity index (χ2n) is 7.79. The molecule has 7 nitrogen and oxygen atoms in total. The monoisotopic (exact) mass is 426 g/mol. The van der Waals surface area contributed by atoms with Crippen molar-refractivity contribution in [1.82, 2.24) is 19.7 Å². The first-order chi connectivity index (χ1) is 14.5. The summed E-state index contributed by atoms with van der Waals surface area (Å²) < 4.78 is 7.03. The highest BCUT2D eigenvalue weighted by atomic mass is 32.1. The van der Waals surface area contributed by atoms with Gasteiger partial charge in [-0.15, -0.1) is 11.3 Å². The van der Waals surface area contributed by atoms with Crippen molar-refractivity contribution >= 4 is 34.2 Å². The Morgan fingerprint density at radius 3 is 2.90 bits per heavy atom. The number of rotatable bonds is 5. The Balaban J connectivity index is 1.74. The fourth-order valence-electron chi connectivity index (χ4n) is 3.91. The number of hydrogen-bond donors (Lipinski definition) is 0. The average molecular weight is 427 g/mol. The molecule has 158 valence electrons. The van der Waals surface area contributed by atoms with E-state index < -0.39 is 0 Å². The minimum atomic E-state index is -0.268. The molecule has 0 N–H and O–H groups in total. The third-order valence-electron chi connectivity index (χ3n) is 5.39. The quantitative estimate of drug-likeness (QED) is 0.573. The highest BCUT2D eigenvalue weighted by Gasteiger charge is 2.31. The molecule has 0 saturated carbocycles. The second-order valence-corrected chi connectivity index (χ2v) is 8.74. The lowest BCUT2D eigenvalue weighted by Crippen LogP contribution is -2.42. The van der Waals surface area contributed by atoms with Crippen molar-refractivity contribution in [2.75, 3.05) is 19.7 Å². The molecule has 0 aliphatic carbocycles. The molecule has 1 fully saturated rings. The van der Waals surface area contributed by atoms with Crippen LogP contribution in [0, 0.1) is 5.92 Å². The van der Waals surface area contributed by atoms with Gasteiger partial charge in [0.25, 0.3) is 5.91 Å². The molecule has 1 amide bonds. The predicted molar refractivity (Wildman–Crippen MR) is 116 cm³/mol. The summed E-state index contributed by atoms with van der Waals surface area (Å²) in [5.74, 6) is -0.575. The van der Waals surface area contributed by atoms with Gasteiger partial charge in [-0.2, -0.15) is 5.10 Å². The van der Waals surface area contributed by atoms with Crippen LogP contribution >= 0.6 is 11.3 Å². The van der Waals surface area contributed by atoms with Crippen LogP contribution in [0.4, 0.5) is 0 Å². The highest BCUT2D eigenvalue weighted by Crippen LogP contribution is 2.30. The number of hydrogen-bond acceptors (Lipinski definition) is 6. The van der Waals surface area contributed by atoms with Gasteiger partial charge in [0.1, 0.15) is 0 Å². The Bertz CT molecular complexity index is 1060. The minimum absolute atomic E-state index is 0.0856. The number of fused-ring (bicyclic) bond motifs is 1. The number of esters is 1. The Morgan fingerprint density at radius 1 is 1.37 bits per heavy atom. The minimum Gasteiger partial charge on any atom is -0.466 e. The number of carbonyl (C=O) groups excluding carboxylic acids is 2. The maximum atomic E-state index is 13.6. The number of piperidine rings is 1. The summed E-state index contributed by atoms with van der Waals surface area (Å²) in [7, 11) is 0. The molecule has 1 unspecified atom stereocenters. The van der Waals surface area contributed by atoms with Gasteiger partial charge in [-0.1, -0.05) is 6.07 Å². The average Bonchev–Trinajstić information content (AvgIpc) is 3.42. The van der Waals surface area contributed by atoms with E-state index in [9.17, 15) is 9.59 Å². The zero-order chi connectivity index (χ0) is 21.3. The molecule has 3 aromatic rings. The van der Waals surface area contributed by atoms with E-state index in [4.69, 9.17) is 9.72 Å². The summed E-state index contributed by atoms with van der Waals surface area (Å²) in [5.41, 5.74) is 2.06. The molecule has 8 heteroatoms. The Labute approximate surface area is 179 Å². The van der Waals surface area contributed by atoms with Crippen LogP contribution in [0.15, 0.2) is 29.8 Å². The van der Waals surface area contributed by atoms with Gasteiger partial charge < -0.3 is 9.64 Å². The van der Waals surface area contributed by atoms with Gasteiger partial charge >= 0.3 is 5.97 Å². The van der Waals surface area contributed by atoms with E-state index in [0.717, 1.165) is 28.8 Å². The van der Waals surface area contributed by atoms with Crippen LogP contribution in [0.25, 0.3) is 21.6 Å². The smallest absolute Gasteiger partial charge is 0.310 e. The molecule has 1 aliphatic heterocycles. The van der Waals surface area contributed by atoms with Crippen LogP contribution in [0.5, 0.6) is 0 Å². The number of pyridine rings is 1. The van der Waals surface area contributed by atoms with Crippen LogP contribution < -0.4 is 0 Å². The van der Waals surface area contributed by atoms with E-state index in [-0.39, 0.29) is 23.8 Å². The van der Waals surface area contributed by atoms with Crippen LogP contribution in [0.1, 0.15) is 50.0 Å². The van der Waals surface area contributed by atoms with Crippen LogP contribution in [0.3, 0.4) is 0 Å². The van der Waals surface area contributed by atoms with E-state index in [1.807, 2.05) is 42.1 Å². The fourth-order valence-corrected chi connectivity index (χ4v) is 4.59. The van der Waals surface area contributed by atoms with Crippen molar-refractivity contribution in [3.8, 4) is 10.6 Å². The molecule has 0 aromatic carbocycles. The van der Waals surface area contributed by atoms with Crippen LogP contribution in [0.2, 0.25) is 0 Å². The van der Waals surface area contributed by atoms with Crippen molar-refractivity contribution < 1.29 is 14.3 Å². The SMILES string of the molecule is CCOC(=O)C1CCCN(C(=O)c2cc(-c3cccs3)nc3c2cnn3C(C)C)C1. The summed E-state index contributed by atoms with van der Waals surface area (Å²) in [6.45, 7) is 7.26. The molecule has 1 aliphatic rings. The van der Waals surface area contributed by atoms with E-state index >= 15 is 0 Å². The molecular weight excluding hydrogens is 400 g/mol. The van der Waals surface area contributed by atoms with E-state index in [2.05, 4.69) is 5.10 Å². The molecule has 0 spiro atoms. The van der Waals surface area contributed by atoms with Gasteiger partial charge in [-0.05, 0) is 51.1 Å². The maximum absolute atomic E-state index is 13.6. The lowest BCUT2D eigenvalue weighted by atomic mass is 9.97. The number of ether oxygens (including phenoxy) is 1. The highest BCUT2D eigenvalue weighted by molar-refractivity contribution is 7.13. The first-order valence-corrected chi connectivity index (χ1v) is 11.3. The number of likely N-dealkylation sites (tertiary alicyclic amines) is 1. The molecule has 3 aromatic heterocycles. The zero-order valence-corrected chi connectivity index (χ0v) is 18.3. The van der Waals surface area contributed by atoms with Crippen molar-refractivity contribution in [2.45, 2.75) is 39.7 Å². The molecule has 1 saturated heterocycles. The molecule has 4 rings (SSSR count). The Kier molecular flexibility index (Phi) is 5.85. The van der Waals surface area contributed by atoms with Crippen molar-refractivity contribution in [3.05, 3.63) is 35.3 Å². The normalized spacial score (nSPS) is 16.9. The largest absolute Gasteiger partial charge is 0.466 e. The van der Waals surface area contributed by atoms with Gasteiger partial charge in [0.15, 0.2) is 5.65 Å². The molecule has 0 radical (unpaired) electrons. The van der Waals surface area contributed by atoms with E-state index in [0.29, 0.717) is 30.9 Å². The van der Waals surface area contributed by atoms with Gasteiger partial charge in [-0.25, -0.2) is 9.67 Å². The van der Waals surface area contributed by atoms with Gasteiger partial charge in [-0.3, -0.25) is 9.59 Å². The molecule has 30 heavy (non-hydrogen) atoms. The van der Waals surface area contributed by atoms with E-state index in [1.54, 1.807) is 29.4 Å². The lowest BCUT2D eigenvalue weighted by molar-refractivity contribution is -0.149. The molecule has 4 heterocycles. The number of thiophene rings is 1. The van der Waals surface area contributed by atoms with Crippen molar-refractivity contribution in [3.63, 3.8) is 0 Å². The number of amides is 1. The topological polar surface area (TPSA) is 77.3 Å². The van der Waals surface area contributed by atoms with Crippen molar-refractivity contribution in [2.24, 2.45) is 5.92 Å². The molecule has 1 atom stereocenters. The van der Waals surface area contributed by atoms with Crippen molar-refractivity contribution in [1.29, 1.82) is 0 Å². The van der Waals surface area contributed by atoms with E-state index in [1.165, 1.54) is 0 Å². The number of carbonyl (C=O) groups is 2. The predicted octanol–water partition coefficient (Wildman–Crippen LogP) is 4.16. The summed E-state index contributed by atoms with van der Waals surface area (Å²) in [4.78, 5) is 33.4. The number of aromatic nitrogens is 3. The Morgan fingerprint density at radius 2 is 2.20 bits per heavy atom. The third kappa shape index (κ3) is 3.84. The zero-order valence-electron chi connectivity index (χ0n) is 17.5. The van der Waals surface area contributed by atoms with Crippen LogP contribution in [-0.4, -0.2) is 51.2 Å². The first-order valence-electron chi connectivity index (χ1n) is 10.4. The Hall–Kier alpha value is -2.74. The van der Waals surface area contributed by atoms with Crippen LogP contribution in [-0.2, 0) is 9.53 Å². The van der Waals surface area contributed by atoms with Gasteiger partial charge in [0.2, 0.25) is 0 Å². The molecule has 0 bridgehead atoms. The fraction of sp³-hybridized carbons (Fsp3) is 0.455. The maximum Gasteiger partial charge on any atom is 0.310 e. The summed E-state index contributed by atoms with van der Waals surface area (Å²) in [5, 5.41) is 7.23. The summed E-state index contributed by atoms with van der Waals surface area (Å²) in [6, 6.07) is 5.96. The third-order valence-corrected chi connectivity index (χ3v) is 6.28. The summed E-state index contributed by atoms with van der Waals surface area (Å²) >= 11 is 1.59. The van der Waals surface area contributed by atoms with Gasteiger partial charge in [0.05, 0.1) is 40.2 Å². The molecular formula is C22H26N4O3S. The summed E-state index contributed by atoms with van der Waals surface area (Å²) in [6.07, 6.45) is 3.26. The lowest BCUT2D eigenvalue weighted by Gasteiger charge is -2.31. The second kappa shape index (κ2) is 8.55.